The van der Waals surface area contributed by atoms with E-state index in [4.69, 9.17) is 15.0 Å². The van der Waals surface area contributed by atoms with Crippen LogP contribution >= 0.6 is 0 Å². The monoisotopic (exact) mass is 852 g/mol. The molecule has 0 unspecified atom stereocenters. The van der Waals surface area contributed by atoms with Crippen molar-refractivity contribution < 1.29 is 45.5 Å². The van der Waals surface area contributed by atoms with Crippen LogP contribution in [0.15, 0.2) is 102 Å². The molecule has 0 atom stereocenters. The van der Waals surface area contributed by atoms with Gasteiger partial charge >= 0.3 is 12.1 Å². The number of sulfonamides is 1. The molecule has 0 aliphatic carbocycles. The van der Waals surface area contributed by atoms with Gasteiger partial charge in [-0.15, -0.1) is 0 Å². The number of carbonyl (C=O) groups is 3. The minimum absolute atomic E-state index is 0.0288. The number of alkyl halides is 3. The SMILES string of the molecule is NS(=O)(=O)c1ccc(CCN(Cc2cccc(-c3cccc(C(=O)N4CCC(CCCC5CCNCC5)CC4)c3)c2)C(=O)Cc2cccc(F)c2)cc1.O=C(O)C(F)(F)F. The van der Waals surface area contributed by atoms with E-state index in [0.29, 0.717) is 36.6 Å². The molecule has 322 valence electrons. The largest absolute Gasteiger partial charge is 0.490 e. The van der Waals surface area contributed by atoms with Gasteiger partial charge in [0.15, 0.2) is 0 Å². The van der Waals surface area contributed by atoms with Crippen molar-refractivity contribution in [1.82, 2.24) is 15.1 Å². The van der Waals surface area contributed by atoms with E-state index >= 15 is 0 Å². The molecule has 2 saturated heterocycles. The van der Waals surface area contributed by atoms with Crippen LogP contribution in [0.3, 0.4) is 0 Å². The van der Waals surface area contributed by atoms with Crippen molar-refractivity contribution >= 4 is 27.8 Å². The van der Waals surface area contributed by atoms with Crippen LogP contribution < -0.4 is 10.5 Å². The third-order valence-electron chi connectivity index (χ3n) is 11.1. The van der Waals surface area contributed by atoms with Crippen LogP contribution in [0.5, 0.6) is 0 Å². The minimum Gasteiger partial charge on any atom is -0.475 e. The quantitative estimate of drug-likeness (QED) is 0.111. The molecule has 2 amide bonds. The van der Waals surface area contributed by atoms with Crippen molar-refractivity contribution in [3.05, 3.63) is 125 Å². The van der Waals surface area contributed by atoms with Gasteiger partial charge in [-0.25, -0.2) is 22.7 Å². The fourth-order valence-corrected chi connectivity index (χ4v) is 8.22. The van der Waals surface area contributed by atoms with Crippen LogP contribution in [-0.4, -0.2) is 80.0 Å². The van der Waals surface area contributed by atoms with Crippen LogP contribution in [0.25, 0.3) is 11.1 Å². The molecule has 4 aromatic carbocycles. The maximum absolute atomic E-state index is 13.9. The van der Waals surface area contributed by atoms with Gasteiger partial charge in [-0.3, -0.25) is 9.59 Å². The molecule has 0 bridgehead atoms. The first-order valence-electron chi connectivity index (χ1n) is 20.2. The molecule has 0 aromatic heterocycles. The Labute approximate surface area is 348 Å². The van der Waals surface area contributed by atoms with E-state index in [1.165, 1.54) is 56.4 Å². The predicted octanol–water partition coefficient (Wildman–Crippen LogP) is 7.61. The number of nitrogens with two attached hydrogens (primary N) is 1. The summed E-state index contributed by atoms with van der Waals surface area (Å²) < 4.78 is 69.1. The number of primary sulfonamides is 1. The number of piperidine rings is 2. The Balaban J connectivity index is 0.000000896. The first-order chi connectivity index (χ1) is 28.5. The molecular weight excluding hydrogens is 801 g/mol. The molecule has 60 heavy (non-hydrogen) atoms. The third kappa shape index (κ3) is 14.3. The number of nitrogens with zero attached hydrogens (tertiary/aromatic N) is 2. The summed E-state index contributed by atoms with van der Waals surface area (Å²) in [4.78, 5) is 40.0. The predicted molar refractivity (Wildman–Crippen MR) is 221 cm³/mol. The van der Waals surface area contributed by atoms with E-state index < -0.39 is 28.0 Å². The average Bonchev–Trinajstić information content (AvgIpc) is 3.22. The van der Waals surface area contributed by atoms with Gasteiger partial charge in [0.25, 0.3) is 5.91 Å². The van der Waals surface area contributed by atoms with Gasteiger partial charge in [-0.05, 0) is 127 Å². The smallest absolute Gasteiger partial charge is 0.475 e. The van der Waals surface area contributed by atoms with Crippen LogP contribution in [-0.2, 0) is 39.0 Å². The summed E-state index contributed by atoms with van der Waals surface area (Å²) in [5.41, 5.74) is 4.91. The van der Waals surface area contributed by atoms with Crippen molar-refractivity contribution in [2.75, 3.05) is 32.7 Å². The molecule has 0 spiro atoms. The lowest BCUT2D eigenvalue weighted by Gasteiger charge is -2.32. The molecule has 2 aliphatic heterocycles. The molecule has 10 nitrogen and oxygen atoms in total. The number of benzene rings is 4. The van der Waals surface area contributed by atoms with Crippen molar-refractivity contribution in [2.24, 2.45) is 17.0 Å². The second-order valence-electron chi connectivity index (χ2n) is 15.5. The second-order valence-corrected chi connectivity index (χ2v) is 17.1. The summed E-state index contributed by atoms with van der Waals surface area (Å²) in [5.74, 6) is -1.66. The van der Waals surface area contributed by atoms with Crippen LogP contribution in [0.1, 0.15) is 72.0 Å². The zero-order chi connectivity index (χ0) is 43.3. The number of carboxylic acids is 1. The van der Waals surface area contributed by atoms with Gasteiger partial charge in [0.05, 0.1) is 11.3 Å². The number of likely N-dealkylation sites (tertiary alicyclic amines) is 1. The first kappa shape index (κ1) is 46.0. The molecular formula is C45H52F4N4O6S. The number of hydrogen-bond acceptors (Lipinski definition) is 6. The Morgan fingerprint density at radius 1 is 0.783 bits per heavy atom. The fourth-order valence-electron chi connectivity index (χ4n) is 7.71. The zero-order valence-electron chi connectivity index (χ0n) is 33.4. The summed E-state index contributed by atoms with van der Waals surface area (Å²) >= 11 is 0. The van der Waals surface area contributed by atoms with Gasteiger partial charge in [0.1, 0.15) is 5.82 Å². The Morgan fingerprint density at radius 2 is 1.37 bits per heavy atom. The Hall–Kier alpha value is -5.12. The lowest BCUT2D eigenvalue weighted by Crippen LogP contribution is -2.38. The van der Waals surface area contributed by atoms with Gasteiger partial charge in [-0.2, -0.15) is 13.2 Å². The van der Waals surface area contributed by atoms with E-state index in [-0.39, 0.29) is 23.1 Å². The number of amides is 2. The van der Waals surface area contributed by atoms with E-state index in [1.54, 1.807) is 29.2 Å². The maximum Gasteiger partial charge on any atom is 0.490 e. The molecule has 2 aliphatic rings. The van der Waals surface area contributed by atoms with Crippen LogP contribution in [0, 0.1) is 17.7 Å². The van der Waals surface area contributed by atoms with Gasteiger partial charge in [-0.1, -0.05) is 73.9 Å². The number of rotatable bonds is 14. The Morgan fingerprint density at radius 3 is 1.98 bits per heavy atom. The molecule has 2 heterocycles. The number of aliphatic carboxylic acids is 1. The van der Waals surface area contributed by atoms with Gasteiger partial charge in [0, 0.05) is 31.7 Å². The van der Waals surface area contributed by atoms with Crippen LogP contribution in [0.2, 0.25) is 0 Å². The van der Waals surface area contributed by atoms with E-state index in [0.717, 1.165) is 67.2 Å². The molecule has 4 aromatic rings. The van der Waals surface area contributed by atoms with E-state index in [1.807, 2.05) is 53.4 Å². The van der Waals surface area contributed by atoms with E-state index in [9.17, 15) is 35.6 Å². The Bertz CT molecular complexity index is 2170. The number of carbonyl (C=O) groups excluding carboxylic acids is 2. The molecule has 4 N–H and O–H groups in total. The minimum atomic E-state index is -5.08. The maximum atomic E-state index is 13.9. The van der Waals surface area contributed by atoms with Crippen LogP contribution in [0.4, 0.5) is 17.6 Å². The topological polar surface area (TPSA) is 150 Å². The van der Waals surface area contributed by atoms with Crippen molar-refractivity contribution in [3.8, 4) is 11.1 Å². The fraction of sp³-hybridized carbons (Fsp3) is 0.400. The standard InChI is InChI=1S/C43H51FN4O4S.C2HF3O2/c44-40-12-3-7-35(28-40)29-42(49)48(26-21-34-13-15-41(16-14-34)53(45,51)52)31-36-8-2-9-37(27-36)38-10-4-11-39(30-38)43(50)47-24-19-33(20-25-47)6-1-5-32-17-22-46-23-18-32;3-2(4,5)1(6)7/h2-4,7-16,27-28,30,32-33,46H,1,5-6,17-26,29,31H2,(H2,45,51,52);(H,6,7). The van der Waals surface area contributed by atoms with Crippen molar-refractivity contribution in [1.29, 1.82) is 0 Å². The molecule has 0 saturated carbocycles. The highest BCUT2D eigenvalue weighted by Crippen LogP contribution is 2.28. The van der Waals surface area contributed by atoms with Crippen molar-refractivity contribution in [2.45, 2.75) is 75.4 Å². The molecule has 6 rings (SSSR count). The highest BCUT2D eigenvalue weighted by Gasteiger charge is 2.38. The summed E-state index contributed by atoms with van der Waals surface area (Å²) in [6.07, 6.45) is 4.07. The number of halogens is 4. The average molecular weight is 853 g/mol. The first-order valence-corrected chi connectivity index (χ1v) is 21.7. The summed E-state index contributed by atoms with van der Waals surface area (Å²) in [5, 5.41) is 15.8. The van der Waals surface area contributed by atoms with Gasteiger partial charge in [0.2, 0.25) is 15.9 Å². The van der Waals surface area contributed by atoms with Gasteiger partial charge < -0.3 is 20.2 Å². The number of carboxylic acid groups (broad SMARTS) is 1. The lowest BCUT2D eigenvalue weighted by atomic mass is 9.87. The van der Waals surface area contributed by atoms with Crippen molar-refractivity contribution in [3.63, 3.8) is 0 Å². The highest BCUT2D eigenvalue weighted by molar-refractivity contribution is 7.89. The third-order valence-corrected chi connectivity index (χ3v) is 12.0. The summed E-state index contributed by atoms with van der Waals surface area (Å²) in [6, 6.07) is 28.1. The Kier molecular flexibility index (Phi) is 16.4. The molecule has 0 radical (unpaired) electrons. The normalized spacial score (nSPS) is 15.2. The number of nitrogens with one attached hydrogen (secondary N) is 1. The zero-order valence-corrected chi connectivity index (χ0v) is 34.2. The lowest BCUT2D eigenvalue weighted by molar-refractivity contribution is -0.192. The highest BCUT2D eigenvalue weighted by atomic mass is 32.2. The second kappa shape index (κ2) is 21.4. The molecule has 2 fully saturated rings. The summed E-state index contributed by atoms with van der Waals surface area (Å²) in [7, 11) is -3.81. The number of hydrogen-bond donors (Lipinski definition) is 3. The molecule has 15 heteroatoms. The summed E-state index contributed by atoms with van der Waals surface area (Å²) in [6.45, 7) is 4.60. The van der Waals surface area contributed by atoms with E-state index in [2.05, 4.69) is 5.32 Å².